The third kappa shape index (κ3) is 2.74. The van der Waals surface area contributed by atoms with Crippen molar-refractivity contribution < 1.29 is 9.47 Å². The molecule has 0 bridgehead atoms. The second-order valence-corrected chi connectivity index (χ2v) is 4.91. The summed E-state index contributed by atoms with van der Waals surface area (Å²) in [5.41, 5.74) is 0. The van der Waals surface area contributed by atoms with Crippen LogP contribution in [0.2, 0.25) is 0 Å². The molecule has 1 aliphatic heterocycles. The molecule has 0 radical (unpaired) electrons. The highest BCUT2D eigenvalue weighted by molar-refractivity contribution is 4.87. The van der Waals surface area contributed by atoms with Crippen molar-refractivity contribution in [1.82, 2.24) is 10.6 Å². The van der Waals surface area contributed by atoms with E-state index >= 15 is 0 Å². The van der Waals surface area contributed by atoms with Gasteiger partial charge >= 0.3 is 0 Å². The summed E-state index contributed by atoms with van der Waals surface area (Å²) in [5, 5.41) is 6.96. The molecule has 2 N–H and O–H groups in total. The standard InChI is InChI=1S/C12H24N2O2/c1-13-11-8-16-7-9(11)6-14-10-4-3-5-12(10)15-2/h9-14H,3-8H2,1-2H3. The van der Waals surface area contributed by atoms with Crippen molar-refractivity contribution >= 4 is 0 Å². The molecule has 1 aliphatic carbocycles. The number of nitrogens with one attached hydrogen (secondary N) is 2. The topological polar surface area (TPSA) is 42.5 Å². The van der Waals surface area contributed by atoms with E-state index < -0.39 is 0 Å². The minimum atomic E-state index is 0.412. The fourth-order valence-corrected chi connectivity index (χ4v) is 2.86. The van der Waals surface area contributed by atoms with Crippen LogP contribution in [0.1, 0.15) is 19.3 Å². The Morgan fingerprint density at radius 2 is 2.12 bits per heavy atom. The van der Waals surface area contributed by atoms with Gasteiger partial charge in [-0.15, -0.1) is 0 Å². The van der Waals surface area contributed by atoms with Crippen molar-refractivity contribution in [3.05, 3.63) is 0 Å². The molecular weight excluding hydrogens is 204 g/mol. The molecule has 0 aromatic carbocycles. The minimum absolute atomic E-state index is 0.412. The van der Waals surface area contributed by atoms with E-state index in [1.165, 1.54) is 19.3 Å². The molecule has 2 fully saturated rings. The highest BCUT2D eigenvalue weighted by Crippen LogP contribution is 2.22. The van der Waals surface area contributed by atoms with Gasteiger partial charge in [-0.2, -0.15) is 0 Å². The summed E-state index contributed by atoms with van der Waals surface area (Å²) in [5.74, 6) is 0.600. The van der Waals surface area contributed by atoms with Gasteiger partial charge in [0.25, 0.3) is 0 Å². The van der Waals surface area contributed by atoms with Gasteiger partial charge < -0.3 is 20.1 Å². The number of hydrogen-bond donors (Lipinski definition) is 2. The number of ether oxygens (including phenoxy) is 2. The SMILES string of the molecule is CNC1COCC1CNC1CCCC1OC. The molecule has 94 valence electrons. The Labute approximate surface area is 98.1 Å². The molecule has 4 atom stereocenters. The van der Waals surface area contributed by atoms with E-state index in [9.17, 15) is 0 Å². The second-order valence-electron chi connectivity index (χ2n) is 4.91. The normalized spacial score (nSPS) is 39.4. The molecular formula is C12H24N2O2. The van der Waals surface area contributed by atoms with Crippen LogP contribution in [0, 0.1) is 5.92 Å². The van der Waals surface area contributed by atoms with Crippen LogP contribution in [-0.4, -0.2) is 52.1 Å². The maximum absolute atomic E-state index is 5.50. The van der Waals surface area contributed by atoms with Crippen LogP contribution < -0.4 is 10.6 Å². The largest absolute Gasteiger partial charge is 0.380 e. The minimum Gasteiger partial charge on any atom is -0.380 e. The lowest BCUT2D eigenvalue weighted by atomic mass is 10.0. The molecule has 1 saturated heterocycles. The van der Waals surface area contributed by atoms with Gasteiger partial charge in [-0.05, 0) is 26.3 Å². The van der Waals surface area contributed by atoms with Gasteiger partial charge in [0.15, 0.2) is 0 Å². The van der Waals surface area contributed by atoms with Crippen LogP contribution in [0.5, 0.6) is 0 Å². The average molecular weight is 228 g/mol. The third-order valence-electron chi connectivity index (χ3n) is 3.97. The second kappa shape index (κ2) is 5.96. The Morgan fingerprint density at radius 1 is 1.25 bits per heavy atom. The van der Waals surface area contributed by atoms with Crippen LogP contribution in [0.3, 0.4) is 0 Å². The Kier molecular flexibility index (Phi) is 4.58. The Morgan fingerprint density at radius 3 is 2.88 bits per heavy atom. The molecule has 0 spiro atoms. The summed E-state index contributed by atoms with van der Waals surface area (Å²) >= 11 is 0. The summed E-state index contributed by atoms with van der Waals surface area (Å²) < 4.78 is 11.0. The molecule has 4 unspecified atom stereocenters. The molecule has 1 saturated carbocycles. The van der Waals surface area contributed by atoms with E-state index in [-0.39, 0.29) is 0 Å². The fourth-order valence-electron chi connectivity index (χ4n) is 2.86. The Bertz CT molecular complexity index is 191. The van der Waals surface area contributed by atoms with Crippen LogP contribution in [0.4, 0.5) is 0 Å². The van der Waals surface area contributed by atoms with E-state index in [0.717, 1.165) is 19.8 Å². The third-order valence-corrected chi connectivity index (χ3v) is 3.97. The summed E-state index contributed by atoms with van der Waals surface area (Å²) in [4.78, 5) is 0. The molecule has 16 heavy (non-hydrogen) atoms. The van der Waals surface area contributed by atoms with Gasteiger partial charge in [-0.1, -0.05) is 0 Å². The monoisotopic (exact) mass is 228 g/mol. The van der Waals surface area contributed by atoms with Gasteiger partial charge in [0.05, 0.1) is 19.3 Å². The van der Waals surface area contributed by atoms with Crippen LogP contribution in [-0.2, 0) is 9.47 Å². The predicted octanol–water partition coefficient (Wildman–Crippen LogP) is 0.378. The first-order chi connectivity index (χ1) is 7.85. The van der Waals surface area contributed by atoms with Crippen LogP contribution >= 0.6 is 0 Å². The lowest BCUT2D eigenvalue weighted by molar-refractivity contribution is 0.0831. The van der Waals surface area contributed by atoms with E-state index in [2.05, 4.69) is 10.6 Å². The summed E-state index contributed by atoms with van der Waals surface area (Å²) in [6.07, 6.45) is 4.14. The summed E-state index contributed by atoms with van der Waals surface area (Å²) in [7, 11) is 3.83. The molecule has 2 aliphatic rings. The zero-order chi connectivity index (χ0) is 11.4. The zero-order valence-corrected chi connectivity index (χ0v) is 10.4. The van der Waals surface area contributed by atoms with Crippen molar-refractivity contribution in [2.24, 2.45) is 5.92 Å². The van der Waals surface area contributed by atoms with Gasteiger partial charge in [-0.25, -0.2) is 0 Å². The highest BCUT2D eigenvalue weighted by atomic mass is 16.5. The molecule has 1 heterocycles. The predicted molar refractivity (Wildman–Crippen MR) is 63.6 cm³/mol. The lowest BCUT2D eigenvalue weighted by Gasteiger charge is -2.23. The first-order valence-corrected chi connectivity index (χ1v) is 6.36. The lowest BCUT2D eigenvalue weighted by Crippen LogP contribution is -2.44. The van der Waals surface area contributed by atoms with Crippen molar-refractivity contribution in [1.29, 1.82) is 0 Å². The summed E-state index contributed by atoms with van der Waals surface area (Å²) in [6.45, 7) is 2.76. The van der Waals surface area contributed by atoms with E-state index in [4.69, 9.17) is 9.47 Å². The molecule has 2 rings (SSSR count). The molecule has 4 nitrogen and oxygen atoms in total. The first-order valence-electron chi connectivity index (χ1n) is 6.36. The smallest absolute Gasteiger partial charge is 0.0724 e. The van der Waals surface area contributed by atoms with Gasteiger partial charge in [-0.3, -0.25) is 0 Å². The maximum atomic E-state index is 5.50. The van der Waals surface area contributed by atoms with Crippen molar-refractivity contribution in [2.75, 3.05) is 33.9 Å². The van der Waals surface area contributed by atoms with E-state index in [0.29, 0.717) is 24.1 Å². The number of hydrogen-bond acceptors (Lipinski definition) is 4. The van der Waals surface area contributed by atoms with E-state index in [1.807, 2.05) is 14.2 Å². The molecule has 0 amide bonds. The van der Waals surface area contributed by atoms with Gasteiger partial charge in [0.1, 0.15) is 0 Å². The average Bonchev–Trinajstić information content (AvgIpc) is 2.94. The molecule has 4 heteroatoms. The van der Waals surface area contributed by atoms with E-state index in [1.54, 1.807) is 0 Å². The number of likely N-dealkylation sites (N-methyl/N-ethyl adjacent to an activating group) is 1. The van der Waals surface area contributed by atoms with Crippen molar-refractivity contribution in [2.45, 2.75) is 37.5 Å². The molecule has 0 aromatic rings. The quantitative estimate of drug-likeness (QED) is 0.714. The zero-order valence-electron chi connectivity index (χ0n) is 10.4. The summed E-state index contributed by atoms with van der Waals surface area (Å²) in [6, 6.07) is 1.05. The number of methoxy groups -OCH3 is 1. The van der Waals surface area contributed by atoms with Crippen LogP contribution in [0.15, 0.2) is 0 Å². The van der Waals surface area contributed by atoms with Gasteiger partial charge in [0.2, 0.25) is 0 Å². The fraction of sp³-hybridized carbons (Fsp3) is 1.00. The maximum Gasteiger partial charge on any atom is 0.0724 e. The van der Waals surface area contributed by atoms with Crippen molar-refractivity contribution in [3.63, 3.8) is 0 Å². The number of rotatable bonds is 5. The van der Waals surface area contributed by atoms with Gasteiger partial charge in [0, 0.05) is 31.7 Å². The van der Waals surface area contributed by atoms with Crippen LogP contribution in [0.25, 0.3) is 0 Å². The highest BCUT2D eigenvalue weighted by Gasteiger charge is 2.30. The first kappa shape index (κ1) is 12.3. The Balaban J connectivity index is 1.74. The Hall–Kier alpha value is -0.160. The molecule has 0 aromatic heterocycles. The van der Waals surface area contributed by atoms with Crippen molar-refractivity contribution in [3.8, 4) is 0 Å².